The molecule has 148 valence electrons. The first-order chi connectivity index (χ1) is 13.6. The monoisotopic (exact) mass is 380 g/mol. The lowest BCUT2D eigenvalue weighted by Crippen LogP contribution is -3.11. The van der Waals surface area contributed by atoms with Gasteiger partial charge in [-0.3, -0.25) is 9.59 Å². The van der Waals surface area contributed by atoms with Crippen LogP contribution in [0.15, 0.2) is 54.6 Å². The van der Waals surface area contributed by atoms with E-state index >= 15 is 0 Å². The van der Waals surface area contributed by atoms with Gasteiger partial charge in [0.25, 0.3) is 11.8 Å². The fraction of sp³-hybridized carbons (Fsp3) is 0.391. The van der Waals surface area contributed by atoms with Crippen molar-refractivity contribution < 1.29 is 14.5 Å². The molecular formula is C23H30N3O2+. The van der Waals surface area contributed by atoms with Gasteiger partial charge >= 0.3 is 0 Å². The Hall–Kier alpha value is -2.66. The first-order valence-corrected chi connectivity index (χ1v) is 10.1. The van der Waals surface area contributed by atoms with Crippen LogP contribution in [0.5, 0.6) is 0 Å². The number of benzene rings is 2. The lowest BCUT2D eigenvalue weighted by molar-refractivity contribution is -0.894. The van der Waals surface area contributed by atoms with E-state index in [-0.39, 0.29) is 24.4 Å². The second-order valence-corrected chi connectivity index (χ2v) is 7.46. The molecule has 0 aromatic heterocycles. The Balaban J connectivity index is 1.74. The highest BCUT2D eigenvalue weighted by Crippen LogP contribution is 2.17. The number of carbonyl (C=O) groups is 2. The molecule has 1 aliphatic rings. The largest absolute Gasteiger partial charge is 0.337 e. The topological polar surface area (TPSA) is 53.9 Å². The lowest BCUT2D eigenvalue weighted by atomic mass is 10.0. The number of carbonyl (C=O) groups excluding carboxylic acids is 2. The van der Waals surface area contributed by atoms with Gasteiger partial charge in [0.05, 0.1) is 7.05 Å². The van der Waals surface area contributed by atoms with Gasteiger partial charge in [-0.25, -0.2) is 0 Å². The third-order valence-corrected chi connectivity index (χ3v) is 5.40. The molecule has 2 amide bonds. The van der Waals surface area contributed by atoms with E-state index in [9.17, 15) is 9.59 Å². The van der Waals surface area contributed by atoms with E-state index in [4.69, 9.17) is 0 Å². The van der Waals surface area contributed by atoms with Crippen molar-refractivity contribution in [3.8, 4) is 0 Å². The smallest absolute Gasteiger partial charge is 0.285 e. The van der Waals surface area contributed by atoms with Crippen molar-refractivity contribution in [3.05, 3.63) is 65.7 Å². The first kappa shape index (κ1) is 20.1. The summed E-state index contributed by atoms with van der Waals surface area (Å²) in [7, 11) is 1.93. The predicted molar refractivity (Wildman–Crippen MR) is 111 cm³/mol. The average molecular weight is 381 g/mol. The fourth-order valence-electron chi connectivity index (χ4n) is 3.90. The molecule has 1 saturated heterocycles. The molecule has 0 spiro atoms. The molecule has 0 radical (unpaired) electrons. The van der Waals surface area contributed by atoms with Gasteiger partial charge in [0.2, 0.25) is 0 Å². The van der Waals surface area contributed by atoms with Crippen LogP contribution in [0.2, 0.25) is 0 Å². The molecule has 1 fully saturated rings. The lowest BCUT2D eigenvalue weighted by Gasteiger charge is -2.28. The zero-order valence-electron chi connectivity index (χ0n) is 16.8. The van der Waals surface area contributed by atoms with E-state index in [1.807, 2.05) is 66.5 Å². The Bertz CT molecular complexity index is 801. The third-order valence-electron chi connectivity index (χ3n) is 5.40. The van der Waals surface area contributed by atoms with Crippen molar-refractivity contribution in [2.45, 2.75) is 32.2 Å². The summed E-state index contributed by atoms with van der Waals surface area (Å²) in [5.41, 5.74) is 2.92. The number of para-hydroxylation sites is 1. The molecule has 5 nitrogen and oxygen atoms in total. The Kier molecular flexibility index (Phi) is 6.82. The maximum absolute atomic E-state index is 13.2. The van der Waals surface area contributed by atoms with Crippen LogP contribution >= 0.6 is 0 Å². The van der Waals surface area contributed by atoms with Crippen molar-refractivity contribution in [2.24, 2.45) is 0 Å². The number of nitrogens with one attached hydrogen (secondary N) is 2. The van der Waals surface area contributed by atoms with Gasteiger partial charge in [-0.1, -0.05) is 55.5 Å². The molecule has 2 aromatic rings. The normalized spacial score (nSPS) is 15.9. The zero-order valence-corrected chi connectivity index (χ0v) is 16.8. The average Bonchev–Trinajstić information content (AvgIpc) is 3.24. The highest BCUT2D eigenvalue weighted by Gasteiger charge is 2.34. The molecule has 2 atom stereocenters. The SMILES string of the molecule is CCc1ccccc1NC(=O)C[NH+](C)[C@H](C(=O)N1CCCC1)c1ccccc1. The molecule has 1 aliphatic heterocycles. The third kappa shape index (κ3) is 4.78. The van der Waals surface area contributed by atoms with Crippen LogP contribution in [0.25, 0.3) is 0 Å². The summed E-state index contributed by atoms with van der Waals surface area (Å²) in [5, 5.41) is 3.02. The Morgan fingerprint density at radius 3 is 2.36 bits per heavy atom. The number of nitrogens with zero attached hydrogens (tertiary/aromatic N) is 1. The number of anilines is 1. The number of likely N-dealkylation sites (tertiary alicyclic amines) is 1. The molecule has 1 heterocycles. The van der Waals surface area contributed by atoms with Crippen molar-refractivity contribution >= 4 is 17.5 Å². The molecular weight excluding hydrogens is 350 g/mol. The van der Waals surface area contributed by atoms with Gasteiger partial charge < -0.3 is 15.1 Å². The van der Waals surface area contributed by atoms with E-state index in [2.05, 4.69) is 12.2 Å². The number of hydrogen-bond acceptors (Lipinski definition) is 2. The van der Waals surface area contributed by atoms with Crippen LogP contribution in [0.3, 0.4) is 0 Å². The molecule has 2 aromatic carbocycles. The first-order valence-electron chi connectivity index (χ1n) is 10.1. The number of amides is 2. The minimum atomic E-state index is -0.369. The molecule has 2 N–H and O–H groups in total. The van der Waals surface area contributed by atoms with Crippen LogP contribution in [-0.2, 0) is 16.0 Å². The maximum Gasteiger partial charge on any atom is 0.285 e. The van der Waals surface area contributed by atoms with Gasteiger partial charge in [0.15, 0.2) is 12.6 Å². The molecule has 28 heavy (non-hydrogen) atoms. The maximum atomic E-state index is 13.2. The minimum absolute atomic E-state index is 0.0754. The Labute approximate surface area is 167 Å². The molecule has 5 heteroatoms. The van der Waals surface area contributed by atoms with Crippen LogP contribution < -0.4 is 10.2 Å². The minimum Gasteiger partial charge on any atom is -0.337 e. The number of hydrogen-bond donors (Lipinski definition) is 2. The van der Waals surface area contributed by atoms with Gasteiger partial charge in [-0.15, -0.1) is 0 Å². The van der Waals surface area contributed by atoms with Crippen LogP contribution in [0.1, 0.15) is 36.9 Å². The second-order valence-electron chi connectivity index (χ2n) is 7.46. The molecule has 1 unspecified atom stereocenters. The molecule has 0 saturated carbocycles. The number of aryl methyl sites for hydroxylation is 1. The highest BCUT2D eigenvalue weighted by atomic mass is 16.2. The molecule has 0 aliphatic carbocycles. The van der Waals surface area contributed by atoms with Gasteiger partial charge in [0.1, 0.15) is 0 Å². The summed E-state index contributed by atoms with van der Waals surface area (Å²) in [6, 6.07) is 17.3. The van der Waals surface area contributed by atoms with Crippen LogP contribution in [0, 0.1) is 0 Å². The van der Waals surface area contributed by atoms with Crippen molar-refractivity contribution in [1.82, 2.24) is 4.90 Å². The van der Waals surface area contributed by atoms with Crippen molar-refractivity contribution in [2.75, 3.05) is 32.0 Å². The van der Waals surface area contributed by atoms with E-state index < -0.39 is 0 Å². The number of likely N-dealkylation sites (N-methyl/N-ethyl adjacent to an activating group) is 1. The Morgan fingerprint density at radius 1 is 1.04 bits per heavy atom. The summed E-state index contributed by atoms with van der Waals surface area (Å²) in [6.07, 6.45) is 2.97. The molecule has 3 rings (SSSR count). The predicted octanol–water partition coefficient (Wildman–Crippen LogP) is 2.07. The second kappa shape index (κ2) is 9.51. The summed E-state index contributed by atoms with van der Waals surface area (Å²) in [4.78, 5) is 28.7. The van der Waals surface area contributed by atoms with E-state index in [0.29, 0.717) is 0 Å². The van der Waals surface area contributed by atoms with Gasteiger partial charge in [0, 0.05) is 24.3 Å². The van der Waals surface area contributed by atoms with Crippen molar-refractivity contribution in [1.29, 1.82) is 0 Å². The van der Waals surface area contributed by atoms with E-state index in [1.54, 1.807) is 0 Å². The van der Waals surface area contributed by atoms with E-state index in [1.165, 1.54) is 0 Å². The summed E-state index contributed by atoms with van der Waals surface area (Å²) >= 11 is 0. The van der Waals surface area contributed by atoms with E-state index in [0.717, 1.165) is 54.1 Å². The van der Waals surface area contributed by atoms with Crippen LogP contribution in [0.4, 0.5) is 5.69 Å². The van der Waals surface area contributed by atoms with Crippen LogP contribution in [-0.4, -0.2) is 43.4 Å². The van der Waals surface area contributed by atoms with Gasteiger partial charge in [-0.05, 0) is 30.9 Å². The fourth-order valence-corrected chi connectivity index (χ4v) is 3.90. The van der Waals surface area contributed by atoms with Gasteiger partial charge in [-0.2, -0.15) is 0 Å². The summed E-state index contributed by atoms with van der Waals surface area (Å²) in [5.74, 6) is 0.0384. The number of quaternary nitrogens is 1. The quantitative estimate of drug-likeness (QED) is 0.773. The molecule has 0 bridgehead atoms. The summed E-state index contributed by atoms with van der Waals surface area (Å²) in [6.45, 7) is 3.93. The highest BCUT2D eigenvalue weighted by molar-refractivity contribution is 5.92. The summed E-state index contributed by atoms with van der Waals surface area (Å²) < 4.78 is 0. The zero-order chi connectivity index (χ0) is 19.9. The number of rotatable bonds is 7. The van der Waals surface area contributed by atoms with Crippen molar-refractivity contribution in [3.63, 3.8) is 0 Å². The standard InChI is InChI=1S/C23H29N3O2/c1-3-18-11-7-8-14-20(18)24-21(27)17-25(2)22(19-12-5-4-6-13-19)23(28)26-15-9-10-16-26/h4-8,11-14,22H,3,9-10,15-17H2,1-2H3,(H,24,27)/p+1/t22-/m0/s1. The Morgan fingerprint density at radius 2 is 1.68 bits per heavy atom.